The fourth-order valence-corrected chi connectivity index (χ4v) is 0.209. The molecule has 6 heavy (non-hydrogen) atoms. The minimum atomic E-state index is -0.275. The average molecular weight is 88.1 g/mol. The maximum atomic E-state index is 8.45. The highest BCUT2D eigenvalue weighted by Crippen LogP contribution is 1.70. The Labute approximate surface area is 38.2 Å². The van der Waals surface area contributed by atoms with E-state index in [2.05, 4.69) is 12.4 Å². The average Bonchev–Trinajstić information content (AvgIpc) is 1.35. The third-order valence-corrected chi connectivity index (χ3v) is 0.440. The fraction of sp³-hybridized carbons (Fsp3) is 0.750. The molecule has 2 heteroatoms. The molecular weight excluding hydrogens is 78.0 g/mol. The van der Waals surface area contributed by atoms with Crippen molar-refractivity contribution in [2.24, 2.45) is 0 Å². The summed E-state index contributed by atoms with van der Waals surface area (Å²) in [6.07, 6.45) is -0.275. The van der Waals surface area contributed by atoms with Gasteiger partial charge in [0.1, 0.15) is 0 Å². The highest BCUT2D eigenvalue weighted by molar-refractivity contribution is 4.47. The molecule has 0 spiro atoms. The van der Waals surface area contributed by atoms with E-state index in [1.807, 2.05) is 0 Å². The van der Waals surface area contributed by atoms with E-state index >= 15 is 0 Å². The molecular formula is C4H10NO. The monoisotopic (exact) mass is 88.1 g/mol. The second kappa shape index (κ2) is 3.12. The fourth-order valence-electron chi connectivity index (χ4n) is 0.209. The van der Waals surface area contributed by atoms with E-state index in [4.69, 9.17) is 5.11 Å². The van der Waals surface area contributed by atoms with Crippen molar-refractivity contribution in [3.8, 4) is 0 Å². The van der Waals surface area contributed by atoms with E-state index in [1.165, 1.54) is 0 Å². The molecule has 0 aliphatic carbocycles. The van der Waals surface area contributed by atoms with Gasteiger partial charge >= 0.3 is 0 Å². The van der Waals surface area contributed by atoms with Gasteiger partial charge in [0.2, 0.25) is 0 Å². The van der Waals surface area contributed by atoms with Crippen LogP contribution in [0.2, 0.25) is 0 Å². The van der Waals surface area contributed by atoms with Crippen LogP contribution < -0.4 is 5.32 Å². The summed E-state index contributed by atoms with van der Waals surface area (Å²) in [6, 6.07) is 0. The number of aliphatic hydroxyl groups is 1. The molecule has 0 saturated heterocycles. The van der Waals surface area contributed by atoms with Crippen molar-refractivity contribution in [1.82, 2.24) is 5.32 Å². The van der Waals surface area contributed by atoms with Crippen LogP contribution in [0, 0.1) is 7.05 Å². The lowest BCUT2D eigenvalue weighted by molar-refractivity contribution is 0.196. The number of nitrogens with one attached hydrogen (secondary N) is 1. The highest BCUT2D eigenvalue weighted by Gasteiger charge is 1.86. The first-order chi connectivity index (χ1) is 2.77. The van der Waals surface area contributed by atoms with E-state index in [0.29, 0.717) is 6.54 Å². The second-order valence-corrected chi connectivity index (χ2v) is 1.30. The smallest absolute Gasteiger partial charge is 0.0636 e. The van der Waals surface area contributed by atoms with Gasteiger partial charge in [-0.15, -0.1) is 0 Å². The molecule has 0 aromatic rings. The van der Waals surface area contributed by atoms with Crippen molar-refractivity contribution in [2.45, 2.75) is 13.0 Å². The van der Waals surface area contributed by atoms with Gasteiger partial charge in [0.05, 0.1) is 6.10 Å². The van der Waals surface area contributed by atoms with Crippen molar-refractivity contribution in [1.29, 1.82) is 0 Å². The Morgan fingerprint density at radius 2 is 2.50 bits per heavy atom. The minimum Gasteiger partial charge on any atom is -0.392 e. The first kappa shape index (κ1) is 5.92. The molecule has 2 nitrogen and oxygen atoms in total. The molecule has 0 bridgehead atoms. The molecule has 37 valence electrons. The molecule has 0 amide bonds. The first-order valence-electron chi connectivity index (χ1n) is 1.95. The van der Waals surface area contributed by atoms with Crippen molar-refractivity contribution < 1.29 is 5.11 Å². The molecule has 0 aliphatic rings. The number of hydrogen-bond acceptors (Lipinski definition) is 2. The first-order valence-corrected chi connectivity index (χ1v) is 1.95. The molecule has 0 rings (SSSR count). The number of rotatable bonds is 2. The SMILES string of the molecule is [CH2]NC[C@@H](C)O. The second-order valence-electron chi connectivity index (χ2n) is 1.30. The standard InChI is InChI=1S/C4H10NO/c1-4(6)3-5-2/h4-6H,2-3H2,1H3/t4-/m1/s1. The number of aliphatic hydroxyl groups excluding tert-OH is 1. The maximum absolute atomic E-state index is 8.45. The Morgan fingerprint density at radius 3 is 2.50 bits per heavy atom. The molecule has 0 unspecified atom stereocenters. The Morgan fingerprint density at radius 1 is 2.00 bits per heavy atom. The zero-order chi connectivity index (χ0) is 4.99. The van der Waals surface area contributed by atoms with Gasteiger partial charge < -0.3 is 10.4 Å². The lowest BCUT2D eigenvalue weighted by Gasteiger charge is -1.97. The van der Waals surface area contributed by atoms with E-state index in [9.17, 15) is 0 Å². The minimum absolute atomic E-state index is 0.275. The predicted molar refractivity (Wildman–Crippen MR) is 25.0 cm³/mol. The summed E-state index contributed by atoms with van der Waals surface area (Å²) in [5.74, 6) is 0. The molecule has 1 atom stereocenters. The summed E-state index contributed by atoms with van der Waals surface area (Å²) in [7, 11) is 3.32. The quantitative estimate of drug-likeness (QED) is 0.488. The summed E-state index contributed by atoms with van der Waals surface area (Å²) in [5.41, 5.74) is 0. The molecule has 1 radical (unpaired) electrons. The van der Waals surface area contributed by atoms with Gasteiger partial charge in [-0.05, 0) is 6.92 Å². The molecule has 0 heterocycles. The lowest BCUT2D eigenvalue weighted by atomic mass is 10.4. The third kappa shape index (κ3) is 3.92. The van der Waals surface area contributed by atoms with Crippen LogP contribution in [0.4, 0.5) is 0 Å². The predicted octanol–water partition coefficient (Wildman–Crippen LogP) is -0.252. The summed E-state index contributed by atoms with van der Waals surface area (Å²) in [4.78, 5) is 0. The van der Waals surface area contributed by atoms with Gasteiger partial charge in [0, 0.05) is 13.6 Å². The van der Waals surface area contributed by atoms with Crippen molar-refractivity contribution in [3.05, 3.63) is 7.05 Å². The van der Waals surface area contributed by atoms with Crippen molar-refractivity contribution in [3.63, 3.8) is 0 Å². The molecule has 0 aromatic carbocycles. The third-order valence-electron chi connectivity index (χ3n) is 0.440. The molecule has 0 fully saturated rings. The molecule has 0 aliphatic heterocycles. The molecule has 2 N–H and O–H groups in total. The Hall–Kier alpha value is -0.0800. The largest absolute Gasteiger partial charge is 0.392 e. The van der Waals surface area contributed by atoms with Crippen molar-refractivity contribution in [2.75, 3.05) is 6.54 Å². The number of hydrogen-bond donors (Lipinski definition) is 2. The van der Waals surface area contributed by atoms with Crippen LogP contribution in [-0.2, 0) is 0 Å². The summed E-state index contributed by atoms with van der Waals surface area (Å²) < 4.78 is 0. The van der Waals surface area contributed by atoms with Crippen LogP contribution in [0.3, 0.4) is 0 Å². The molecule has 0 aromatic heterocycles. The van der Waals surface area contributed by atoms with Gasteiger partial charge in [-0.25, -0.2) is 0 Å². The van der Waals surface area contributed by atoms with Crippen LogP contribution in [0.15, 0.2) is 0 Å². The summed E-state index contributed by atoms with van der Waals surface area (Å²) in [5, 5.41) is 11.0. The van der Waals surface area contributed by atoms with Gasteiger partial charge in [0.25, 0.3) is 0 Å². The van der Waals surface area contributed by atoms with E-state index in [1.54, 1.807) is 6.92 Å². The Kier molecular flexibility index (Phi) is 3.08. The Balaban J connectivity index is 2.63. The van der Waals surface area contributed by atoms with E-state index in [-0.39, 0.29) is 6.10 Å². The lowest BCUT2D eigenvalue weighted by Crippen LogP contribution is -2.17. The molecule has 0 saturated carbocycles. The van der Waals surface area contributed by atoms with Crippen LogP contribution in [0.5, 0.6) is 0 Å². The van der Waals surface area contributed by atoms with E-state index in [0.717, 1.165) is 0 Å². The highest BCUT2D eigenvalue weighted by atomic mass is 16.3. The maximum Gasteiger partial charge on any atom is 0.0636 e. The zero-order valence-corrected chi connectivity index (χ0v) is 3.94. The Bertz CT molecular complexity index is 28.7. The zero-order valence-electron chi connectivity index (χ0n) is 3.94. The van der Waals surface area contributed by atoms with Gasteiger partial charge in [0.15, 0.2) is 0 Å². The van der Waals surface area contributed by atoms with Crippen molar-refractivity contribution >= 4 is 0 Å². The van der Waals surface area contributed by atoms with Crippen LogP contribution in [0.1, 0.15) is 6.92 Å². The summed E-state index contributed by atoms with van der Waals surface area (Å²) >= 11 is 0. The van der Waals surface area contributed by atoms with Crippen LogP contribution in [0.25, 0.3) is 0 Å². The topological polar surface area (TPSA) is 32.3 Å². The van der Waals surface area contributed by atoms with Crippen LogP contribution in [-0.4, -0.2) is 17.8 Å². The van der Waals surface area contributed by atoms with Gasteiger partial charge in [-0.3, -0.25) is 0 Å². The van der Waals surface area contributed by atoms with Gasteiger partial charge in [-0.2, -0.15) is 0 Å². The van der Waals surface area contributed by atoms with Gasteiger partial charge in [-0.1, -0.05) is 0 Å². The van der Waals surface area contributed by atoms with E-state index < -0.39 is 0 Å². The van der Waals surface area contributed by atoms with Crippen LogP contribution >= 0.6 is 0 Å². The normalized spacial score (nSPS) is 14.5. The summed E-state index contributed by atoms with van der Waals surface area (Å²) in [6.45, 7) is 2.28.